The van der Waals surface area contributed by atoms with Crippen LogP contribution in [0, 0.1) is 5.41 Å². The predicted molar refractivity (Wildman–Crippen MR) is 54.4 cm³/mol. The van der Waals surface area contributed by atoms with Crippen molar-refractivity contribution in [2.75, 3.05) is 18.6 Å². The zero-order valence-electron chi connectivity index (χ0n) is 7.83. The average molecular weight is 216 g/mol. The number of halogens is 1. The first kappa shape index (κ1) is 14.7. The van der Waals surface area contributed by atoms with Crippen LogP contribution in [0.15, 0.2) is 0 Å². The molecule has 0 unspecified atom stereocenters. The van der Waals surface area contributed by atoms with E-state index in [2.05, 4.69) is 0 Å². The van der Waals surface area contributed by atoms with Crippen LogP contribution in [0.2, 0.25) is 0 Å². The quantitative estimate of drug-likeness (QED) is 0.756. The van der Waals surface area contributed by atoms with Crippen molar-refractivity contribution in [1.82, 2.24) is 0 Å². The maximum atomic E-state index is 10.9. The van der Waals surface area contributed by atoms with Gasteiger partial charge in [-0.1, -0.05) is 13.8 Å². The van der Waals surface area contributed by atoms with Crippen LogP contribution in [-0.2, 0) is 9.84 Å². The van der Waals surface area contributed by atoms with Crippen LogP contribution < -0.4 is 5.73 Å². The van der Waals surface area contributed by atoms with Gasteiger partial charge in [0, 0.05) is 6.26 Å². The van der Waals surface area contributed by atoms with E-state index in [0.29, 0.717) is 6.54 Å². The Morgan fingerprint density at radius 1 is 1.33 bits per heavy atom. The van der Waals surface area contributed by atoms with Gasteiger partial charge in [-0.3, -0.25) is 0 Å². The summed E-state index contributed by atoms with van der Waals surface area (Å²) in [4.78, 5) is 0. The summed E-state index contributed by atoms with van der Waals surface area (Å²) in [5.41, 5.74) is 5.16. The SMILES string of the molecule is CC(C)(CCN)CS(C)(=O)=O.Cl. The van der Waals surface area contributed by atoms with Crippen molar-refractivity contribution in [3.8, 4) is 0 Å². The van der Waals surface area contributed by atoms with Crippen molar-refractivity contribution in [3.05, 3.63) is 0 Å². The van der Waals surface area contributed by atoms with E-state index in [1.165, 1.54) is 6.26 Å². The van der Waals surface area contributed by atoms with Crippen LogP contribution in [-0.4, -0.2) is 27.0 Å². The van der Waals surface area contributed by atoms with Gasteiger partial charge in [0.15, 0.2) is 0 Å². The van der Waals surface area contributed by atoms with Crippen molar-refractivity contribution in [2.45, 2.75) is 20.3 Å². The summed E-state index contributed by atoms with van der Waals surface area (Å²) >= 11 is 0. The standard InChI is InChI=1S/C7H17NO2S.ClH/c1-7(2,4-5-8)6-11(3,9)10;/h4-6,8H2,1-3H3;1H. The fraction of sp³-hybridized carbons (Fsp3) is 1.00. The largest absolute Gasteiger partial charge is 0.330 e. The van der Waals surface area contributed by atoms with Crippen LogP contribution in [0.3, 0.4) is 0 Å². The maximum Gasteiger partial charge on any atom is 0.147 e. The Morgan fingerprint density at radius 2 is 1.75 bits per heavy atom. The first-order valence-corrected chi connectivity index (χ1v) is 5.71. The molecule has 2 N–H and O–H groups in total. The molecule has 0 aliphatic rings. The Labute approximate surface area is 81.0 Å². The third-order valence-electron chi connectivity index (χ3n) is 1.47. The molecule has 0 atom stereocenters. The molecule has 76 valence electrons. The number of sulfone groups is 1. The predicted octanol–water partition coefficient (Wildman–Crippen LogP) is 0.828. The van der Waals surface area contributed by atoms with Crippen molar-refractivity contribution in [2.24, 2.45) is 11.1 Å². The summed E-state index contributed by atoms with van der Waals surface area (Å²) in [6.07, 6.45) is 2.01. The zero-order chi connectivity index (χ0) is 9.12. The Morgan fingerprint density at radius 3 is 2.00 bits per heavy atom. The lowest BCUT2D eigenvalue weighted by Gasteiger charge is -2.21. The van der Waals surface area contributed by atoms with Gasteiger partial charge in [0.05, 0.1) is 5.75 Å². The van der Waals surface area contributed by atoms with Gasteiger partial charge in [0.1, 0.15) is 9.84 Å². The van der Waals surface area contributed by atoms with E-state index in [-0.39, 0.29) is 23.6 Å². The highest BCUT2D eigenvalue weighted by molar-refractivity contribution is 7.90. The van der Waals surface area contributed by atoms with Gasteiger partial charge in [-0.15, -0.1) is 12.4 Å². The highest BCUT2D eigenvalue weighted by Crippen LogP contribution is 2.20. The molecule has 0 saturated heterocycles. The fourth-order valence-electron chi connectivity index (χ4n) is 1.17. The smallest absolute Gasteiger partial charge is 0.147 e. The molecule has 0 aliphatic heterocycles. The first-order chi connectivity index (χ1) is 4.77. The van der Waals surface area contributed by atoms with Crippen molar-refractivity contribution >= 4 is 22.2 Å². The number of nitrogens with two attached hydrogens (primary N) is 1. The van der Waals surface area contributed by atoms with Gasteiger partial charge in [0.25, 0.3) is 0 Å². The third kappa shape index (κ3) is 8.30. The Kier molecular flexibility index (Phi) is 6.18. The maximum absolute atomic E-state index is 10.9. The molecule has 0 fully saturated rings. The molecular formula is C7H18ClNO2S. The highest BCUT2D eigenvalue weighted by Gasteiger charge is 2.22. The molecule has 0 radical (unpaired) electrons. The summed E-state index contributed by atoms with van der Waals surface area (Å²) in [6, 6.07) is 0. The minimum atomic E-state index is -2.86. The average Bonchev–Trinajstić information content (AvgIpc) is 1.55. The number of rotatable bonds is 4. The van der Waals surface area contributed by atoms with E-state index < -0.39 is 9.84 Å². The molecule has 3 nitrogen and oxygen atoms in total. The topological polar surface area (TPSA) is 60.2 Å². The molecule has 0 heterocycles. The van der Waals surface area contributed by atoms with Crippen molar-refractivity contribution in [3.63, 3.8) is 0 Å². The minimum Gasteiger partial charge on any atom is -0.330 e. The molecule has 12 heavy (non-hydrogen) atoms. The third-order valence-corrected chi connectivity index (χ3v) is 2.78. The summed E-state index contributed by atoms with van der Waals surface area (Å²) in [5, 5.41) is 0. The second kappa shape index (κ2) is 5.04. The Bertz CT molecular complexity index is 211. The Balaban J connectivity index is 0. The molecule has 0 aromatic carbocycles. The van der Waals surface area contributed by atoms with E-state index in [0.717, 1.165) is 6.42 Å². The van der Waals surface area contributed by atoms with Crippen LogP contribution in [0.4, 0.5) is 0 Å². The molecule has 0 saturated carbocycles. The summed E-state index contributed by atoms with van der Waals surface area (Å²) < 4.78 is 21.8. The fourth-order valence-corrected chi connectivity index (χ4v) is 2.74. The van der Waals surface area contributed by atoms with E-state index in [1.807, 2.05) is 13.8 Å². The first-order valence-electron chi connectivity index (χ1n) is 3.65. The van der Waals surface area contributed by atoms with E-state index in [9.17, 15) is 8.42 Å². The molecule has 0 aliphatic carbocycles. The van der Waals surface area contributed by atoms with Gasteiger partial charge in [0.2, 0.25) is 0 Å². The highest BCUT2D eigenvalue weighted by atomic mass is 35.5. The van der Waals surface area contributed by atoms with Crippen molar-refractivity contribution in [1.29, 1.82) is 0 Å². The molecule has 0 aromatic rings. The van der Waals surface area contributed by atoms with Gasteiger partial charge in [-0.25, -0.2) is 8.42 Å². The Hall–Kier alpha value is 0.200. The summed E-state index contributed by atoms with van der Waals surface area (Å²) in [7, 11) is -2.86. The molecule has 0 rings (SSSR count). The van der Waals surface area contributed by atoms with Gasteiger partial charge in [-0.05, 0) is 18.4 Å². The molecule has 0 aromatic heterocycles. The number of hydrogen-bond donors (Lipinski definition) is 1. The molecule has 5 heteroatoms. The van der Waals surface area contributed by atoms with Crippen molar-refractivity contribution < 1.29 is 8.42 Å². The number of hydrogen-bond acceptors (Lipinski definition) is 3. The molecule has 0 amide bonds. The van der Waals surface area contributed by atoms with E-state index in [1.54, 1.807) is 0 Å². The van der Waals surface area contributed by atoms with E-state index in [4.69, 9.17) is 5.73 Å². The van der Waals surface area contributed by atoms with Gasteiger partial charge < -0.3 is 5.73 Å². The lowest BCUT2D eigenvalue weighted by molar-refractivity contribution is 0.385. The molecule has 0 bridgehead atoms. The second-order valence-corrected chi connectivity index (χ2v) is 5.91. The van der Waals surface area contributed by atoms with Gasteiger partial charge in [-0.2, -0.15) is 0 Å². The van der Waals surface area contributed by atoms with Crippen LogP contribution in [0.1, 0.15) is 20.3 Å². The lowest BCUT2D eigenvalue weighted by atomic mass is 9.92. The zero-order valence-corrected chi connectivity index (χ0v) is 9.46. The second-order valence-electron chi connectivity index (χ2n) is 3.77. The van der Waals surface area contributed by atoms with Crippen LogP contribution >= 0.6 is 12.4 Å². The molecular weight excluding hydrogens is 198 g/mol. The van der Waals surface area contributed by atoms with Gasteiger partial charge >= 0.3 is 0 Å². The lowest BCUT2D eigenvalue weighted by Crippen LogP contribution is -2.26. The molecule has 0 spiro atoms. The van der Waals surface area contributed by atoms with Crippen LogP contribution in [0.25, 0.3) is 0 Å². The summed E-state index contributed by atoms with van der Waals surface area (Å²) in [5.74, 6) is 0.219. The minimum absolute atomic E-state index is 0. The van der Waals surface area contributed by atoms with Crippen LogP contribution in [0.5, 0.6) is 0 Å². The van der Waals surface area contributed by atoms with E-state index >= 15 is 0 Å². The normalized spacial score (nSPS) is 12.3. The summed E-state index contributed by atoms with van der Waals surface area (Å²) in [6.45, 7) is 4.38. The monoisotopic (exact) mass is 215 g/mol.